The van der Waals surface area contributed by atoms with Gasteiger partial charge in [-0.1, -0.05) is 13.0 Å². The van der Waals surface area contributed by atoms with Crippen LogP contribution in [0.25, 0.3) is 11.0 Å². The molecule has 0 radical (unpaired) electrons. The molecule has 1 aromatic heterocycles. The minimum atomic E-state index is -0.0798. The minimum absolute atomic E-state index is 0.0798. The summed E-state index contributed by atoms with van der Waals surface area (Å²) in [4.78, 5) is 14.6. The van der Waals surface area contributed by atoms with Crippen molar-refractivity contribution in [2.45, 2.75) is 32.7 Å². The van der Waals surface area contributed by atoms with E-state index in [0.717, 1.165) is 16.6 Å². The molecule has 1 atom stereocenters. The van der Waals surface area contributed by atoms with Crippen LogP contribution in [0.3, 0.4) is 0 Å². The number of aliphatic hydroxyl groups is 1. The Morgan fingerprint density at radius 3 is 2.65 bits per heavy atom. The Bertz CT molecular complexity index is 581. The molecule has 4 heteroatoms. The molecule has 4 nitrogen and oxygen atoms in total. The van der Waals surface area contributed by atoms with E-state index in [4.69, 9.17) is 5.11 Å². The van der Waals surface area contributed by atoms with Gasteiger partial charge in [0.2, 0.25) is 0 Å². The largest absolute Gasteiger partial charge is 0.396 e. The lowest BCUT2D eigenvalue weighted by Gasteiger charge is -2.10. The summed E-state index contributed by atoms with van der Waals surface area (Å²) < 4.78 is 1.74. The van der Waals surface area contributed by atoms with Crippen LogP contribution in [-0.4, -0.2) is 21.3 Å². The van der Waals surface area contributed by atoms with Gasteiger partial charge >= 0.3 is 5.69 Å². The van der Waals surface area contributed by atoms with E-state index in [-0.39, 0.29) is 24.3 Å². The van der Waals surface area contributed by atoms with E-state index >= 15 is 0 Å². The molecule has 1 heterocycles. The minimum Gasteiger partial charge on any atom is -0.396 e. The molecule has 0 aliphatic rings. The smallest absolute Gasteiger partial charge is 0.326 e. The van der Waals surface area contributed by atoms with Gasteiger partial charge in [0.15, 0.2) is 0 Å². The zero-order valence-electron chi connectivity index (χ0n) is 10.4. The number of aliphatic hydroxyl groups excluding tert-OH is 1. The molecule has 0 bridgehead atoms. The highest BCUT2D eigenvalue weighted by Crippen LogP contribution is 2.21. The highest BCUT2D eigenvalue weighted by molar-refractivity contribution is 5.76. The number of rotatable bonds is 3. The van der Waals surface area contributed by atoms with Gasteiger partial charge in [-0.15, -0.1) is 0 Å². The molecule has 0 fully saturated rings. The average Bonchev–Trinajstić information content (AvgIpc) is 2.62. The second-order valence-electron chi connectivity index (χ2n) is 4.75. The average molecular weight is 234 g/mol. The van der Waals surface area contributed by atoms with Crippen LogP contribution in [0.4, 0.5) is 0 Å². The second-order valence-corrected chi connectivity index (χ2v) is 4.75. The number of nitrogens with one attached hydrogen (secondary N) is 1. The summed E-state index contributed by atoms with van der Waals surface area (Å²) in [5, 5.41) is 9.13. The maximum atomic E-state index is 11.8. The number of hydrogen-bond acceptors (Lipinski definition) is 2. The Balaban J connectivity index is 2.62. The zero-order valence-corrected chi connectivity index (χ0v) is 10.4. The van der Waals surface area contributed by atoms with Gasteiger partial charge in [0.05, 0.1) is 11.0 Å². The van der Waals surface area contributed by atoms with E-state index in [0.29, 0.717) is 0 Å². The van der Waals surface area contributed by atoms with E-state index in [9.17, 15) is 4.79 Å². The number of benzene rings is 1. The Hall–Kier alpha value is -1.55. The first kappa shape index (κ1) is 11.9. The summed E-state index contributed by atoms with van der Waals surface area (Å²) in [7, 11) is 0. The molecule has 2 N–H and O–H groups in total. The predicted octanol–water partition coefficient (Wildman–Crippen LogP) is 2.01. The molecule has 0 amide bonds. The molecule has 0 aliphatic carbocycles. The molecule has 1 aromatic carbocycles. The molecular weight excluding hydrogens is 216 g/mol. The fourth-order valence-electron chi connectivity index (χ4n) is 2.07. The van der Waals surface area contributed by atoms with Crippen LogP contribution in [0, 0.1) is 0 Å². The highest BCUT2D eigenvalue weighted by atomic mass is 16.3. The number of imidazole rings is 1. The van der Waals surface area contributed by atoms with Gasteiger partial charge in [-0.05, 0) is 31.5 Å². The summed E-state index contributed by atoms with van der Waals surface area (Å²) in [5.41, 5.74) is 2.71. The molecule has 92 valence electrons. The fourth-order valence-corrected chi connectivity index (χ4v) is 2.07. The molecule has 0 aliphatic heterocycles. The molecule has 0 saturated carbocycles. The lowest BCUT2D eigenvalue weighted by molar-refractivity contribution is 0.273. The van der Waals surface area contributed by atoms with Crippen LogP contribution in [0.1, 0.15) is 38.3 Å². The van der Waals surface area contributed by atoms with Crippen molar-refractivity contribution in [2.24, 2.45) is 0 Å². The SMILES string of the molecule is CC(CO)c1ccc2c(c1)[nH]c(=O)n2C(C)C. The van der Waals surface area contributed by atoms with Crippen molar-refractivity contribution >= 4 is 11.0 Å². The Morgan fingerprint density at radius 2 is 2.06 bits per heavy atom. The second kappa shape index (κ2) is 4.37. The Morgan fingerprint density at radius 1 is 1.35 bits per heavy atom. The quantitative estimate of drug-likeness (QED) is 0.853. The molecule has 17 heavy (non-hydrogen) atoms. The van der Waals surface area contributed by atoms with Crippen LogP contribution in [-0.2, 0) is 0 Å². The summed E-state index contributed by atoms with van der Waals surface area (Å²) in [5.74, 6) is 0.0882. The van der Waals surface area contributed by atoms with Crippen molar-refractivity contribution in [1.29, 1.82) is 0 Å². The number of H-pyrrole nitrogens is 1. The summed E-state index contributed by atoms with van der Waals surface area (Å²) in [6.07, 6.45) is 0. The van der Waals surface area contributed by atoms with E-state index in [1.165, 1.54) is 0 Å². The van der Waals surface area contributed by atoms with Crippen LogP contribution < -0.4 is 5.69 Å². The maximum absolute atomic E-state index is 11.8. The summed E-state index contributed by atoms with van der Waals surface area (Å²) in [6, 6.07) is 5.98. The lowest BCUT2D eigenvalue weighted by Crippen LogP contribution is -2.18. The zero-order chi connectivity index (χ0) is 12.6. The van der Waals surface area contributed by atoms with Crippen molar-refractivity contribution in [3.63, 3.8) is 0 Å². The van der Waals surface area contributed by atoms with Crippen molar-refractivity contribution in [3.05, 3.63) is 34.2 Å². The topological polar surface area (TPSA) is 58.0 Å². The van der Waals surface area contributed by atoms with Crippen LogP contribution in [0.15, 0.2) is 23.0 Å². The van der Waals surface area contributed by atoms with Crippen LogP contribution in [0.5, 0.6) is 0 Å². The lowest BCUT2D eigenvalue weighted by atomic mass is 10.0. The number of aromatic nitrogens is 2. The van der Waals surface area contributed by atoms with Crippen molar-refractivity contribution < 1.29 is 5.11 Å². The monoisotopic (exact) mass is 234 g/mol. The van der Waals surface area contributed by atoms with Gasteiger partial charge in [-0.25, -0.2) is 4.79 Å². The number of fused-ring (bicyclic) bond motifs is 1. The standard InChI is InChI=1S/C13H18N2O2/c1-8(2)15-12-5-4-10(9(3)7-16)6-11(12)14-13(15)17/h4-6,8-9,16H,7H2,1-3H3,(H,14,17). The highest BCUT2D eigenvalue weighted by Gasteiger charge is 2.11. The first-order valence-electron chi connectivity index (χ1n) is 5.89. The van der Waals surface area contributed by atoms with Gasteiger partial charge < -0.3 is 10.1 Å². The number of hydrogen-bond donors (Lipinski definition) is 2. The van der Waals surface area contributed by atoms with Crippen molar-refractivity contribution in [3.8, 4) is 0 Å². The normalized spacial score (nSPS) is 13.5. The van der Waals surface area contributed by atoms with Gasteiger partial charge in [-0.2, -0.15) is 0 Å². The number of aromatic amines is 1. The van der Waals surface area contributed by atoms with Crippen LogP contribution in [0.2, 0.25) is 0 Å². The molecule has 2 rings (SSSR count). The third kappa shape index (κ3) is 2.00. The predicted molar refractivity (Wildman–Crippen MR) is 68.4 cm³/mol. The third-order valence-corrected chi connectivity index (χ3v) is 3.10. The molecule has 0 saturated heterocycles. The summed E-state index contributed by atoms with van der Waals surface area (Å²) >= 11 is 0. The first-order valence-corrected chi connectivity index (χ1v) is 5.89. The fraction of sp³-hybridized carbons (Fsp3) is 0.462. The Kier molecular flexibility index (Phi) is 3.07. The van der Waals surface area contributed by atoms with E-state index in [1.54, 1.807) is 4.57 Å². The van der Waals surface area contributed by atoms with Gasteiger partial charge in [0.1, 0.15) is 0 Å². The van der Waals surface area contributed by atoms with Gasteiger partial charge in [0, 0.05) is 18.6 Å². The van der Waals surface area contributed by atoms with Crippen LogP contribution >= 0.6 is 0 Å². The molecular formula is C13H18N2O2. The maximum Gasteiger partial charge on any atom is 0.326 e. The first-order chi connectivity index (χ1) is 8.04. The van der Waals surface area contributed by atoms with Gasteiger partial charge in [0.25, 0.3) is 0 Å². The van der Waals surface area contributed by atoms with E-state index in [1.807, 2.05) is 39.0 Å². The molecule has 2 aromatic rings. The number of nitrogens with zero attached hydrogens (tertiary/aromatic N) is 1. The molecule has 1 unspecified atom stereocenters. The van der Waals surface area contributed by atoms with E-state index in [2.05, 4.69) is 4.98 Å². The third-order valence-electron chi connectivity index (χ3n) is 3.10. The van der Waals surface area contributed by atoms with Crippen molar-refractivity contribution in [2.75, 3.05) is 6.61 Å². The molecule has 0 spiro atoms. The Labute approximate surface area is 99.9 Å². The summed E-state index contributed by atoms with van der Waals surface area (Å²) in [6.45, 7) is 6.04. The van der Waals surface area contributed by atoms with E-state index < -0.39 is 0 Å². The van der Waals surface area contributed by atoms with Crippen molar-refractivity contribution in [1.82, 2.24) is 9.55 Å². The van der Waals surface area contributed by atoms with Gasteiger partial charge in [-0.3, -0.25) is 4.57 Å².